The van der Waals surface area contributed by atoms with Crippen LogP contribution in [0, 0.1) is 0 Å². The molecule has 0 saturated carbocycles. The maximum atomic E-state index is 2.45. The van der Waals surface area contributed by atoms with E-state index in [-0.39, 0.29) is 10.8 Å². The van der Waals surface area contributed by atoms with Gasteiger partial charge in [-0.3, -0.25) is 0 Å². The van der Waals surface area contributed by atoms with Crippen molar-refractivity contribution in [2.24, 2.45) is 0 Å². The Hall–Kier alpha value is -13.5. The highest BCUT2D eigenvalue weighted by Gasteiger charge is 2.39. The van der Waals surface area contributed by atoms with E-state index >= 15 is 0 Å². The number of hydrogen-bond donors (Lipinski definition) is 0. The van der Waals surface area contributed by atoms with Gasteiger partial charge in [-0.2, -0.15) is 0 Å². The highest BCUT2D eigenvalue weighted by atomic mass is 15.2. The van der Waals surface area contributed by atoms with E-state index in [1.807, 2.05) is 0 Å². The van der Waals surface area contributed by atoms with Crippen molar-refractivity contribution in [2.75, 3.05) is 9.80 Å². The molecule has 5 heteroatoms. The Morgan fingerprint density at radius 1 is 0.196 bits per heavy atom. The summed E-state index contributed by atoms with van der Waals surface area (Å²) in [6.45, 7) is 9.58. The van der Waals surface area contributed by atoms with Crippen molar-refractivity contribution in [3.63, 3.8) is 0 Å². The van der Waals surface area contributed by atoms with Crippen molar-refractivity contribution in [1.82, 2.24) is 13.7 Å². The number of para-hydroxylation sites is 9. The van der Waals surface area contributed by atoms with Crippen LogP contribution in [-0.2, 0) is 10.8 Å². The first kappa shape index (κ1) is 63.2. The van der Waals surface area contributed by atoms with E-state index in [0.29, 0.717) is 0 Å². The quantitative estimate of drug-likeness (QED) is 0.129. The van der Waals surface area contributed by atoms with E-state index in [0.717, 1.165) is 39.8 Å². The number of fused-ring (bicyclic) bond motifs is 15. The van der Waals surface area contributed by atoms with E-state index in [1.165, 1.54) is 144 Å². The lowest BCUT2D eigenvalue weighted by Gasteiger charge is -2.29. The summed E-state index contributed by atoms with van der Waals surface area (Å²) in [6, 6.07) is 139. The first-order valence-electron chi connectivity index (χ1n) is 37.2. The smallest absolute Gasteiger partial charge is 0.0541 e. The first-order chi connectivity index (χ1) is 52.6. The van der Waals surface area contributed by atoms with Gasteiger partial charge in [0.05, 0.1) is 38.8 Å². The summed E-state index contributed by atoms with van der Waals surface area (Å²) in [5, 5.41) is 7.68. The molecule has 0 bridgehead atoms. The van der Waals surface area contributed by atoms with Gasteiger partial charge in [-0.05, 0) is 201 Å². The fraction of sp³-hybridized carbons (Fsp3) is 0.0588. The van der Waals surface area contributed by atoms with E-state index in [9.17, 15) is 0 Å². The van der Waals surface area contributed by atoms with Crippen LogP contribution in [0.2, 0.25) is 0 Å². The zero-order valence-electron chi connectivity index (χ0n) is 60.1. The Morgan fingerprint density at radius 2 is 0.477 bits per heavy atom. The standard InChI is InChI=1S/C60H45N3.C42H30N2/c1-59(2)51-34-39(26-30-43(51)45-32-28-41(36-53(45)59)62-55-22-12-8-18-47(55)48-19-9-13-23-56(48)62)61(38-16-6-5-7-17-38)40-27-31-44-46-33-29-42(37-54(46)60(3,4)52(44)35-40)63-57-24-14-10-20-49(57)50-21-11-15-25-58(50)63;1-3-13-33(14-4-1)37-17-7-10-20-40(37)43(34-15-5-2-6-16-34)35-27-23-31(24-28-35)32-25-29-36(30-26-32)44-41-21-11-8-18-38(41)39-19-9-12-22-42(39)44/h5-37H,1-4H3;1-30H. The van der Waals surface area contributed by atoms with Gasteiger partial charge in [0, 0.05) is 94.2 Å². The SMILES string of the molecule is CC1(C)c2cc(N(c3ccccc3)c3ccc4c(c3)C(C)(C)c3cc(-n5c6ccccc6c6ccccc65)ccc3-4)ccc2-c2ccc(-n3c4ccccc4c4ccccc43)cc21.c1ccc(-c2ccccc2N(c2ccccc2)c2ccc(-c3ccc(-n4c5ccccc5c5ccccc54)cc3)cc2)cc1. The number of nitrogens with zero attached hydrogens (tertiary/aromatic N) is 5. The Labute approximate surface area is 623 Å². The minimum Gasteiger partial charge on any atom is -0.310 e. The number of hydrogen-bond acceptors (Lipinski definition) is 2. The van der Waals surface area contributed by atoms with Gasteiger partial charge in [-0.15, -0.1) is 0 Å². The van der Waals surface area contributed by atoms with Crippen molar-refractivity contribution in [3.05, 3.63) is 404 Å². The number of rotatable bonds is 11. The molecule has 19 aromatic rings. The van der Waals surface area contributed by atoms with Crippen molar-refractivity contribution >= 4 is 99.5 Å². The maximum Gasteiger partial charge on any atom is 0.0541 e. The highest BCUT2D eigenvalue weighted by molar-refractivity contribution is 6.12. The summed E-state index contributed by atoms with van der Waals surface area (Å²) >= 11 is 0. The monoisotopic (exact) mass is 1370 g/mol. The van der Waals surface area contributed by atoms with Gasteiger partial charge >= 0.3 is 0 Å². The van der Waals surface area contributed by atoms with Crippen LogP contribution in [0.1, 0.15) is 49.9 Å². The van der Waals surface area contributed by atoms with Gasteiger partial charge in [0.1, 0.15) is 0 Å². The second-order valence-electron chi connectivity index (χ2n) is 29.6. The lowest BCUT2D eigenvalue weighted by molar-refractivity contribution is 0.659. The maximum absolute atomic E-state index is 2.45. The number of benzene rings is 16. The molecular formula is C102H75N5. The van der Waals surface area contributed by atoms with Crippen LogP contribution in [0.4, 0.5) is 34.1 Å². The fourth-order valence-electron chi connectivity index (χ4n) is 17.8. The van der Waals surface area contributed by atoms with Crippen molar-refractivity contribution in [2.45, 2.75) is 38.5 Å². The van der Waals surface area contributed by atoms with Crippen LogP contribution in [0.5, 0.6) is 0 Å². The molecule has 3 aromatic heterocycles. The molecule has 21 rings (SSSR count). The van der Waals surface area contributed by atoms with Gasteiger partial charge in [0.2, 0.25) is 0 Å². The van der Waals surface area contributed by atoms with Gasteiger partial charge < -0.3 is 23.5 Å². The predicted octanol–water partition coefficient (Wildman–Crippen LogP) is 27.6. The van der Waals surface area contributed by atoms with Crippen molar-refractivity contribution < 1.29 is 0 Å². The summed E-state index contributed by atoms with van der Waals surface area (Å²) in [7, 11) is 0. The molecule has 5 nitrogen and oxygen atoms in total. The predicted molar refractivity (Wildman–Crippen MR) is 451 cm³/mol. The molecule has 0 saturated heterocycles. The topological polar surface area (TPSA) is 21.3 Å². The Morgan fingerprint density at radius 3 is 0.879 bits per heavy atom. The molecule has 0 fully saturated rings. The molecule has 508 valence electrons. The van der Waals surface area contributed by atoms with E-state index in [2.05, 4.69) is 433 Å². The molecule has 0 atom stereocenters. The van der Waals surface area contributed by atoms with Crippen LogP contribution in [0.15, 0.2) is 382 Å². The van der Waals surface area contributed by atoms with E-state index in [1.54, 1.807) is 0 Å². The third kappa shape index (κ3) is 10.3. The molecule has 2 aliphatic carbocycles. The first-order valence-corrected chi connectivity index (χ1v) is 37.2. The molecule has 107 heavy (non-hydrogen) atoms. The van der Waals surface area contributed by atoms with Crippen LogP contribution < -0.4 is 9.80 Å². The second kappa shape index (κ2) is 25.2. The van der Waals surface area contributed by atoms with Gasteiger partial charge in [0.15, 0.2) is 0 Å². The van der Waals surface area contributed by atoms with Gasteiger partial charge in [0.25, 0.3) is 0 Å². The van der Waals surface area contributed by atoms with Crippen LogP contribution in [0.25, 0.3) is 127 Å². The minimum atomic E-state index is -0.215. The largest absolute Gasteiger partial charge is 0.310 e. The van der Waals surface area contributed by atoms with Crippen LogP contribution in [0.3, 0.4) is 0 Å². The Bertz CT molecular complexity index is 6290. The Balaban J connectivity index is 0.000000151. The normalized spacial score (nSPS) is 13.0. The third-order valence-electron chi connectivity index (χ3n) is 22.9. The van der Waals surface area contributed by atoms with Crippen LogP contribution in [-0.4, -0.2) is 13.7 Å². The third-order valence-corrected chi connectivity index (χ3v) is 22.9. The average Bonchev–Trinajstić information content (AvgIpc) is 1.57. The molecule has 0 spiro atoms. The lowest BCUT2D eigenvalue weighted by atomic mass is 9.81. The molecule has 0 radical (unpaired) electrons. The molecule has 2 aliphatic rings. The second-order valence-corrected chi connectivity index (χ2v) is 29.6. The van der Waals surface area contributed by atoms with E-state index < -0.39 is 0 Å². The average molecular weight is 1370 g/mol. The molecule has 0 N–H and O–H groups in total. The minimum absolute atomic E-state index is 0.215. The summed E-state index contributed by atoms with van der Waals surface area (Å²) in [5.41, 5.74) is 32.8. The Kier molecular flexibility index (Phi) is 14.9. The highest BCUT2D eigenvalue weighted by Crippen LogP contribution is 2.55. The summed E-state index contributed by atoms with van der Waals surface area (Å²) < 4.78 is 7.23. The summed E-state index contributed by atoms with van der Waals surface area (Å²) in [4.78, 5) is 4.79. The molecule has 0 amide bonds. The summed E-state index contributed by atoms with van der Waals surface area (Å²) in [6.07, 6.45) is 0. The molecule has 0 unspecified atom stereocenters. The molecule has 3 heterocycles. The molecule has 16 aromatic carbocycles. The molecular weight excluding hydrogens is 1300 g/mol. The van der Waals surface area contributed by atoms with Crippen LogP contribution >= 0.6 is 0 Å². The van der Waals surface area contributed by atoms with Crippen molar-refractivity contribution in [1.29, 1.82) is 0 Å². The van der Waals surface area contributed by atoms with E-state index in [4.69, 9.17) is 0 Å². The molecule has 0 aliphatic heterocycles. The lowest BCUT2D eigenvalue weighted by Crippen LogP contribution is -2.18. The zero-order chi connectivity index (χ0) is 71.5. The number of anilines is 6. The van der Waals surface area contributed by atoms with Gasteiger partial charge in [-0.1, -0.05) is 270 Å². The number of aromatic nitrogens is 3. The van der Waals surface area contributed by atoms with Crippen molar-refractivity contribution in [3.8, 4) is 61.6 Å². The fourth-order valence-corrected chi connectivity index (χ4v) is 17.8. The van der Waals surface area contributed by atoms with Gasteiger partial charge in [-0.25, -0.2) is 0 Å². The summed E-state index contributed by atoms with van der Waals surface area (Å²) in [5.74, 6) is 0. The zero-order valence-corrected chi connectivity index (χ0v) is 60.1.